The molecule has 3 rings (SSSR count). The molecular formula is C13H13ClFNO4. The van der Waals surface area contributed by atoms with Crippen LogP contribution in [0.2, 0.25) is 5.02 Å². The van der Waals surface area contributed by atoms with E-state index in [1.165, 1.54) is 6.07 Å². The van der Waals surface area contributed by atoms with Crippen molar-refractivity contribution >= 4 is 17.6 Å². The average Bonchev–Trinajstić information content (AvgIpc) is 2.92. The van der Waals surface area contributed by atoms with Crippen molar-refractivity contribution in [2.24, 2.45) is 5.92 Å². The third-order valence-corrected chi connectivity index (χ3v) is 3.94. The highest BCUT2D eigenvalue weighted by molar-refractivity contribution is 6.32. The van der Waals surface area contributed by atoms with Crippen molar-refractivity contribution in [1.29, 1.82) is 0 Å². The molecule has 7 heteroatoms. The van der Waals surface area contributed by atoms with Gasteiger partial charge in [-0.15, -0.1) is 0 Å². The molecule has 2 aliphatic heterocycles. The predicted octanol–water partition coefficient (Wildman–Crippen LogP) is 1.99. The Bertz CT molecular complexity index is 566. The molecule has 2 heterocycles. The van der Waals surface area contributed by atoms with Crippen molar-refractivity contribution in [2.45, 2.75) is 12.5 Å². The molecule has 1 aromatic carbocycles. The molecule has 0 radical (unpaired) electrons. The van der Waals surface area contributed by atoms with Gasteiger partial charge in [-0.3, -0.25) is 4.79 Å². The summed E-state index contributed by atoms with van der Waals surface area (Å²) in [6.07, 6.45) is 0.322. The molecule has 20 heavy (non-hydrogen) atoms. The number of ether oxygens (including phenoxy) is 2. The van der Waals surface area contributed by atoms with Crippen LogP contribution in [-0.2, 0) is 4.79 Å². The molecule has 2 N–H and O–H groups in total. The molecule has 0 saturated carbocycles. The van der Waals surface area contributed by atoms with Crippen molar-refractivity contribution in [3.8, 4) is 11.5 Å². The highest BCUT2D eigenvalue weighted by Gasteiger charge is 2.34. The van der Waals surface area contributed by atoms with Gasteiger partial charge < -0.3 is 19.9 Å². The maximum Gasteiger partial charge on any atom is 0.307 e. The monoisotopic (exact) mass is 301 g/mol. The normalized spacial score (nSPS) is 24.7. The van der Waals surface area contributed by atoms with Gasteiger partial charge in [0.05, 0.1) is 5.92 Å². The second-order valence-electron chi connectivity index (χ2n) is 4.85. The van der Waals surface area contributed by atoms with Crippen LogP contribution in [0.3, 0.4) is 0 Å². The van der Waals surface area contributed by atoms with Crippen LogP contribution in [0.4, 0.5) is 4.39 Å². The minimum Gasteiger partial charge on any atom is -0.486 e. The van der Waals surface area contributed by atoms with Gasteiger partial charge in [0, 0.05) is 18.2 Å². The Morgan fingerprint density at radius 1 is 1.45 bits per heavy atom. The molecule has 0 aromatic heterocycles. The molecule has 1 aromatic rings. The lowest BCUT2D eigenvalue weighted by atomic mass is 9.99. The predicted molar refractivity (Wildman–Crippen MR) is 68.9 cm³/mol. The number of hydrogen-bond donors (Lipinski definition) is 2. The molecule has 2 atom stereocenters. The van der Waals surface area contributed by atoms with Gasteiger partial charge in [0.15, 0.2) is 17.3 Å². The van der Waals surface area contributed by atoms with Gasteiger partial charge in [-0.1, -0.05) is 11.6 Å². The summed E-state index contributed by atoms with van der Waals surface area (Å²) in [6, 6.07) is 1.15. The average molecular weight is 302 g/mol. The molecule has 1 fully saturated rings. The van der Waals surface area contributed by atoms with Crippen LogP contribution in [-0.4, -0.2) is 30.8 Å². The Balaban J connectivity index is 1.94. The van der Waals surface area contributed by atoms with Gasteiger partial charge in [-0.2, -0.15) is 0 Å². The maximum absolute atomic E-state index is 14.3. The van der Waals surface area contributed by atoms with E-state index >= 15 is 0 Å². The fourth-order valence-corrected chi connectivity index (χ4v) is 2.81. The largest absolute Gasteiger partial charge is 0.486 e. The Hall–Kier alpha value is -1.53. The number of halogens is 2. The summed E-state index contributed by atoms with van der Waals surface area (Å²) < 4.78 is 25.0. The molecule has 0 spiro atoms. The molecule has 0 bridgehead atoms. The molecule has 2 aliphatic rings. The third-order valence-electron chi connectivity index (χ3n) is 3.60. The molecular weight excluding hydrogens is 289 g/mol. The summed E-state index contributed by atoms with van der Waals surface area (Å²) in [5, 5.41) is 11.9. The van der Waals surface area contributed by atoms with Crippen molar-refractivity contribution < 1.29 is 23.8 Å². The topological polar surface area (TPSA) is 67.8 Å². The molecule has 0 amide bonds. The van der Waals surface area contributed by atoms with E-state index in [1.54, 1.807) is 0 Å². The van der Waals surface area contributed by atoms with E-state index in [4.69, 9.17) is 26.2 Å². The lowest BCUT2D eigenvalue weighted by Crippen LogP contribution is -2.19. The van der Waals surface area contributed by atoms with Crippen molar-refractivity contribution in [3.63, 3.8) is 0 Å². The highest BCUT2D eigenvalue weighted by atomic mass is 35.5. The molecule has 1 saturated heterocycles. The lowest BCUT2D eigenvalue weighted by molar-refractivity contribution is -0.141. The maximum atomic E-state index is 14.3. The number of benzene rings is 1. The smallest absolute Gasteiger partial charge is 0.307 e. The van der Waals surface area contributed by atoms with Crippen molar-refractivity contribution in [2.75, 3.05) is 19.8 Å². The van der Waals surface area contributed by atoms with E-state index in [9.17, 15) is 9.18 Å². The number of fused-ring (bicyclic) bond motifs is 1. The van der Waals surface area contributed by atoms with Gasteiger partial charge >= 0.3 is 5.97 Å². The number of carboxylic acids is 1. The second-order valence-corrected chi connectivity index (χ2v) is 5.23. The molecule has 2 unspecified atom stereocenters. The molecule has 108 valence electrons. The Kier molecular flexibility index (Phi) is 3.43. The van der Waals surface area contributed by atoms with Crippen LogP contribution < -0.4 is 14.8 Å². The first-order valence-corrected chi connectivity index (χ1v) is 6.69. The summed E-state index contributed by atoms with van der Waals surface area (Å²) in [5.41, 5.74) is 0.322. The number of carboxylic acid groups (broad SMARTS) is 1. The lowest BCUT2D eigenvalue weighted by Gasteiger charge is -2.22. The fourth-order valence-electron chi connectivity index (χ4n) is 2.56. The van der Waals surface area contributed by atoms with Crippen LogP contribution in [0.15, 0.2) is 6.07 Å². The first-order chi connectivity index (χ1) is 9.58. The number of rotatable bonds is 2. The quantitative estimate of drug-likeness (QED) is 0.874. The fraction of sp³-hybridized carbons (Fsp3) is 0.462. The van der Waals surface area contributed by atoms with Crippen LogP contribution in [0.25, 0.3) is 0 Å². The first kappa shape index (κ1) is 13.5. The van der Waals surface area contributed by atoms with E-state index in [0.29, 0.717) is 37.5 Å². The molecule has 0 aliphatic carbocycles. The van der Waals surface area contributed by atoms with Crippen molar-refractivity contribution in [3.05, 3.63) is 22.5 Å². The standard InChI is InChI=1S/C13H13ClFNO4/c14-10-11(15)7(4-9-12(10)20-2-1-19-9)8-3-6(5-16-8)13(17)18/h4,6,8,16H,1-3,5H2,(H,17,18). The minimum absolute atomic E-state index is 0.113. The Morgan fingerprint density at radius 2 is 2.20 bits per heavy atom. The van der Waals surface area contributed by atoms with E-state index in [2.05, 4.69) is 5.32 Å². The van der Waals surface area contributed by atoms with E-state index < -0.39 is 17.7 Å². The summed E-state index contributed by atoms with van der Waals surface area (Å²) in [6.45, 7) is 1.02. The summed E-state index contributed by atoms with van der Waals surface area (Å²) in [4.78, 5) is 11.0. The SMILES string of the molecule is O=C(O)C1CNC(c2cc3c(c(Cl)c2F)OCCO3)C1. The van der Waals surface area contributed by atoms with Gasteiger partial charge in [0.2, 0.25) is 0 Å². The van der Waals surface area contributed by atoms with Crippen LogP contribution >= 0.6 is 11.6 Å². The Labute approximate surface area is 119 Å². The zero-order chi connectivity index (χ0) is 14.3. The summed E-state index contributed by atoms with van der Waals surface area (Å²) in [5.74, 6) is -1.37. The van der Waals surface area contributed by atoms with Crippen molar-refractivity contribution in [1.82, 2.24) is 5.32 Å². The number of nitrogens with one attached hydrogen (secondary N) is 1. The van der Waals surface area contributed by atoms with Crippen LogP contribution in [0, 0.1) is 11.7 Å². The van der Waals surface area contributed by atoms with Crippen LogP contribution in [0.5, 0.6) is 11.5 Å². The summed E-state index contributed by atoms with van der Waals surface area (Å²) in [7, 11) is 0. The van der Waals surface area contributed by atoms with Gasteiger partial charge in [0.1, 0.15) is 18.2 Å². The van der Waals surface area contributed by atoms with E-state index in [0.717, 1.165) is 0 Å². The first-order valence-electron chi connectivity index (χ1n) is 6.31. The van der Waals surface area contributed by atoms with Gasteiger partial charge in [-0.05, 0) is 12.5 Å². The van der Waals surface area contributed by atoms with E-state index in [-0.39, 0.29) is 16.8 Å². The number of aliphatic carboxylic acids is 1. The van der Waals surface area contributed by atoms with Gasteiger partial charge in [-0.25, -0.2) is 4.39 Å². The van der Waals surface area contributed by atoms with Crippen LogP contribution in [0.1, 0.15) is 18.0 Å². The second kappa shape index (κ2) is 5.10. The highest BCUT2D eigenvalue weighted by Crippen LogP contribution is 2.43. The number of carbonyl (C=O) groups is 1. The number of hydrogen-bond acceptors (Lipinski definition) is 4. The minimum atomic E-state index is -0.885. The van der Waals surface area contributed by atoms with Gasteiger partial charge in [0.25, 0.3) is 0 Å². The zero-order valence-electron chi connectivity index (χ0n) is 10.5. The Morgan fingerprint density at radius 3 is 2.90 bits per heavy atom. The molecule has 5 nitrogen and oxygen atoms in total. The zero-order valence-corrected chi connectivity index (χ0v) is 11.2. The van der Waals surface area contributed by atoms with E-state index in [1.807, 2.05) is 0 Å². The third kappa shape index (κ3) is 2.19. The summed E-state index contributed by atoms with van der Waals surface area (Å²) >= 11 is 5.97.